The lowest BCUT2D eigenvalue weighted by Gasteiger charge is -2.25. The summed E-state index contributed by atoms with van der Waals surface area (Å²) in [7, 11) is -3.64. The molecule has 6 heteroatoms. The van der Waals surface area contributed by atoms with Crippen molar-refractivity contribution in [3.8, 4) is 0 Å². The van der Waals surface area contributed by atoms with Crippen molar-refractivity contribution in [1.29, 1.82) is 0 Å². The standard InChI is InChI=1S/C20H22N2O3S/c1-3-20(23)21-11-10-16-13-17(8-9-18(16)21)26(24,25)22-14(2)12-15-6-4-5-7-19(15)22/h4-9,13-14H,3,10-12H2,1-2H3/t14-/m0/s1. The first-order valence-electron chi connectivity index (χ1n) is 8.99. The topological polar surface area (TPSA) is 57.7 Å². The Morgan fingerprint density at radius 3 is 2.65 bits per heavy atom. The van der Waals surface area contributed by atoms with Gasteiger partial charge in [-0.2, -0.15) is 0 Å². The lowest BCUT2D eigenvalue weighted by molar-refractivity contribution is -0.118. The van der Waals surface area contributed by atoms with Gasteiger partial charge < -0.3 is 4.90 Å². The lowest BCUT2D eigenvalue weighted by Crippen LogP contribution is -2.35. The van der Waals surface area contributed by atoms with Crippen LogP contribution in [-0.4, -0.2) is 26.9 Å². The van der Waals surface area contributed by atoms with Gasteiger partial charge in [0.05, 0.1) is 10.6 Å². The molecule has 0 aromatic heterocycles. The highest BCUT2D eigenvalue weighted by Crippen LogP contribution is 2.38. The molecular formula is C20H22N2O3S. The molecule has 0 bridgehead atoms. The number of benzene rings is 2. The minimum Gasteiger partial charge on any atom is -0.312 e. The second kappa shape index (κ2) is 6.13. The fourth-order valence-electron chi connectivity index (χ4n) is 4.01. The van der Waals surface area contributed by atoms with E-state index in [0.717, 1.165) is 28.9 Å². The molecule has 2 aliphatic heterocycles. The summed E-state index contributed by atoms with van der Waals surface area (Å²) >= 11 is 0. The van der Waals surface area contributed by atoms with Crippen LogP contribution in [0.3, 0.4) is 0 Å². The Hall–Kier alpha value is -2.34. The Morgan fingerprint density at radius 2 is 1.88 bits per heavy atom. The van der Waals surface area contributed by atoms with Crippen LogP contribution in [0, 0.1) is 0 Å². The van der Waals surface area contributed by atoms with Gasteiger partial charge in [0.15, 0.2) is 0 Å². The van der Waals surface area contributed by atoms with Crippen molar-refractivity contribution in [3.05, 3.63) is 53.6 Å². The number of para-hydroxylation sites is 1. The maximum absolute atomic E-state index is 13.3. The molecule has 0 radical (unpaired) electrons. The van der Waals surface area contributed by atoms with Crippen LogP contribution < -0.4 is 9.21 Å². The van der Waals surface area contributed by atoms with E-state index in [-0.39, 0.29) is 11.9 Å². The number of anilines is 2. The largest absolute Gasteiger partial charge is 0.312 e. The highest BCUT2D eigenvalue weighted by atomic mass is 32.2. The van der Waals surface area contributed by atoms with Crippen LogP contribution in [-0.2, 0) is 27.7 Å². The van der Waals surface area contributed by atoms with Crippen LogP contribution in [0.4, 0.5) is 11.4 Å². The molecule has 0 saturated heterocycles. The zero-order valence-corrected chi connectivity index (χ0v) is 15.8. The summed E-state index contributed by atoms with van der Waals surface area (Å²) in [6.07, 6.45) is 1.86. The Kier molecular flexibility index (Phi) is 4.03. The molecule has 5 nitrogen and oxygen atoms in total. The molecule has 136 valence electrons. The van der Waals surface area contributed by atoms with Crippen LogP contribution in [0.1, 0.15) is 31.4 Å². The molecule has 4 rings (SSSR count). The molecule has 0 fully saturated rings. The average Bonchev–Trinajstić information content (AvgIpc) is 3.20. The molecule has 0 aliphatic carbocycles. The summed E-state index contributed by atoms with van der Waals surface area (Å²) in [5.74, 6) is 0.0708. The lowest BCUT2D eigenvalue weighted by atomic mass is 10.1. The maximum atomic E-state index is 13.3. The Balaban J connectivity index is 1.73. The van der Waals surface area contributed by atoms with E-state index in [1.165, 1.54) is 4.31 Å². The number of hydrogen-bond donors (Lipinski definition) is 0. The van der Waals surface area contributed by atoms with Crippen molar-refractivity contribution < 1.29 is 13.2 Å². The van der Waals surface area contributed by atoms with Crippen LogP contribution in [0.15, 0.2) is 47.4 Å². The molecular weight excluding hydrogens is 348 g/mol. The molecule has 1 amide bonds. The molecule has 2 aromatic rings. The maximum Gasteiger partial charge on any atom is 0.264 e. The van der Waals surface area contributed by atoms with Crippen molar-refractivity contribution in [3.63, 3.8) is 0 Å². The second-order valence-corrected chi connectivity index (χ2v) is 8.74. The fraction of sp³-hybridized carbons (Fsp3) is 0.350. The molecule has 26 heavy (non-hydrogen) atoms. The van der Waals surface area contributed by atoms with Gasteiger partial charge in [-0.15, -0.1) is 0 Å². The molecule has 2 heterocycles. The monoisotopic (exact) mass is 370 g/mol. The SMILES string of the molecule is CCC(=O)N1CCc2cc(S(=O)(=O)N3c4ccccc4C[C@@H]3C)ccc21. The molecule has 0 spiro atoms. The van der Waals surface area contributed by atoms with Gasteiger partial charge in [-0.05, 0) is 55.2 Å². The third-order valence-electron chi connectivity index (χ3n) is 5.25. The van der Waals surface area contributed by atoms with Gasteiger partial charge in [0.25, 0.3) is 10.0 Å². The highest BCUT2D eigenvalue weighted by molar-refractivity contribution is 7.92. The van der Waals surface area contributed by atoms with Crippen molar-refractivity contribution in [2.75, 3.05) is 15.7 Å². The summed E-state index contributed by atoms with van der Waals surface area (Å²) in [4.78, 5) is 14.1. The first kappa shape index (κ1) is 17.1. The van der Waals surface area contributed by atoms with Crippen molar-refractivity contribution in [1.82, 2.24) is 0 Å². The van der Waals surface area contributed by atoms with E-state index in [2.05, 4.69) is 0 Å². The number of fused-ring (bicyclic) bond motifs is 2. The summed E-state index contributed by atoms with van der Waals surface area (Å²) < 4.78 is 28.2. The number of nitrogens with zero attached hydrogens (tertiary/aromatic N) is 2. The normalized spacial score (nSPS) is 18.8. The van der Waals surface area contributed by atoms with Crippen molar-refractivity contribution >= 4 is 27.3 Å². The highest BCUT2D eigenvalue weighted by Gasteiger charge is 2.36. The van der Waals surface area contributed by atoms with Crippen LogP contribution in [0.25, 0.3) is 0 Å². The number of hydrogen-bond acceptors (Lipinski definition) is 3. The van der Waals surface area contributed by atoms with E-state index in [1.807, 2.05) is 38.1 Å². The quantitative estimate of drug-likeness (QED) is 0.834. The average molecular weight is 370 g/mol. The van der Waals surface area contributed by atoms with Gasteiger partial charge in [0.2, 0.25) is 5.91 Å². The Morgan fingerprint density at radius 1 is 1.12 bits per heavy atom. The first-order chi connectivity index (χ1) is 12.4. The van der Waals surface area contributed by atoms with Gasteiger partial charge in [0, 0.05) is 24.7 Å². The number of amides is 1. The molecule has 2 aromatic carbocycles. The van der Waals surface area contributed by atoms with Crippen LogP contribution in [0.5, 0.6) is 0 Å². The van der Waals surface area contributed by atoms with Crippen LogP contribution in [0.2, 0.25) is 0 Å². The molecule has 0 saturated carbocycles. The van der Waals surface area contributed by atoms with E-state index >= 15 is 0 Å². The predicted molar refractivity (Wildman–Crippen MR) is 102 cm³/mol. The summed E-state index contributed by atoms with van der Waals surface area (Å²) in [5.41, 5.74) is 3.59. The van der Waals surface area contributed by atoms with E-state index in [9.17, 15) is 13.2 Å². The van der Waals surface area contributed by atoms with Gasteiger partial charge in [-0.25, -0.2) is 8.42 Å². The Bertz CT molecular complexity index is 984. The van der Waals surface area contributed by atoms with Crippen molar-refractivity contribution in [2.24, 2.45) is 0 Å². The minimum absolute atomic E-state index is 0.0708. The second-order valence-electron chi connectivity index (χ2n) is 6.92. The summed E-state index contributed by atoms with van der Waals surface area (Å²) in [6, 6.07) is 12.7. The molecule has 0 unspecified atom stereocenters. The zero-order chi connectivity index (χ0) is 18.5. The third kappa shape index (κ3) is 2.51. The van der Waals surface area contributed by atoms with E-state index in [4.69, 9.17) is 0 Å². The minimum atomic E-state index is -3.64. The van der Waals surface area contributed by atoms with Crippen LogP contribution >= 0.6 is 0 Å². The molecule has 0 N–H and O–H groups in total. The number of carbonyl (C=O) groups is 1. The molecule has 1 atom stereocenters. The summed E-state index contributed by atoms with van der Waals surface area (Å²) in [5, 5.41) is 0. The predicted octanol–water partition coefficient (Wildman–Crippen LogP) is 3.13. The smallest absolute Gasteiger partial charge is 0.264 e. The van der Waals surface area contributed by atoms with E-state index < -0.39 is 10.0 Å². The van der Waals surface area contributed by atoms with Gasteiger partial charge in [-0.3, -0.25) is 9.10 Å². The van der Waals surface area contributed by atoms with Gasteiger partial charge >= 0.3 is 0 Å². The zero-order valence-electron chi connectivity index (χ0n) is 15.0. The van der Waals surface area contributed by atoms with E-state index in [0.29, 0.717) is 24.3 Å². The van der Waals surface area contributed by atoms with Gasteiger partial charge in [0.1, 0.15) is 0 Å². The third-order valence-corrected chi connectivity index (χ3v) is 7.18. The van der Waals surface area contributed by atoms with Crippen molar-refractivity contribution in [2.45, 2.75) is 44.0 Å². The number of rotatable bonds is 3. The van der Waals surface area contributed by atoms with E-state index in [1.54, 1.807) is 23.1 Å². The fourth-order valence-corrected chi connectivity index (χ4v) is 5.75. The first-order valence-corrected chi connectivity index (χ1v) is 10.4. The number of carbonyl (C=O) groups excluding carboxylic acids is 1. The Labute approximate surface area is 154 Å². The number of sulfonamides is 1. The van der Waals surface area contributed by atoms with Gasteiger partial charge in [-0.1, -0.05) is 25.1 Å². The summed E-state index contributed by atoms with van der Waals surface area (Å²) in [6.45, 7) is 4.40. The molecule has 2 aliphatic rings.